The van der Waals surface area contributed by atoms with E-state index in [2.05, 4.69) is 18.3 Å². The minimum atomic E-state index is -0.972. The summed E-state index contributed by atoms with van der Waals surface area (Å²) in [4.78, 5) is 10.8. The number of aliphatic carboxylic acids is 1. The van der Waals surface area contributed by atoms with Gasteiger partial charge < -0.3 is 35.6 Å². The minimum absolute atomic E-state index is 0.139. The average Bonchev–Trinajstić information content (AvgIpc) is 3.14. The number of nitrogens with one attached hydrogen (secondary N) is 1. The van der Waals surface area contributed by atoms with Crippen molar-refractivity contribution >= 4 is 5.97 Å². The number of benzene rings is 1. The zero-order valence-electron chi connectivity index (χ0n) is 21.1. The van der Waals surface area contributed by atoms with Gasteiger partial charge in [-0.3, -0.25) is 0 Å². The molecule has 1 fully saturated rings. The van der Waals surface area contributed by atoms with Crippen LogP contribution < -0.4 is 10.1 Å². The van der Waals surface area contributed by atoms with Gasteiger partial charge in [-0.05, 0) is 73.5 Å². The van der Waals surface area contributed by atoms with E-state index in [1.807, 2.05) is 12.1 Å². The van der Waals surface area contributed by atoms with Gasteiger partial charge in [-0.15, -0.1) is 0 Å². The van der Waals surface area contributed by atoms with E-state index in [1.54, 1.807) is 0 Å². The van der Waals surface area contributed by atoms with Gasteiger partial charge in [0, 0.05) is 13.1 Å². The molecule has 1 aromatic rings. The van der Waals surface area contributed by atoms with Gasteiger partial charge in [0.15, 0.2) is 6.61 Å². The van der Waals surface area contributed by atoms with Crippen molar-refractivity contribution in [3.8, 4) is 5.75 Å². The minimum Gasteiger partial charge on any atom is -0.482 e. The average molecular weight is 496 g/mol. The quantitative estimate of drug-likeness (QED) is 0.216. The lowest BCUT2D eigenvalue weighted by molar-refractivity contribution is -0.139. The number of carboxylic acids is 1. The molecule has 8 nitrogen and oxygen atoms in total. The highest BCUT2D eigenvalue weighted by Gasteiger charge is 2.44. The number of fused-ring (bicyclic) bond motifs is 2. The Balaban J connectivity index is 0.000000540. The maximum absolute atomic E-state index is 10.8. The summed E-state index contributed by atoms with van der Waals surface area (Å²) in [6.07, 6.45) is 7.85. The molecular formula is C27H45NO7. The van der Waals surface area contributed by atoms with Gasteiger partial charge in [-0.25, -0.2) is 4.79 Å². The van der Waals surface area contributed by atoms with Crippen LogP contribution >= 0.6 is 0 Å². The Hall–Kier alpha value is -1.71. The molecule has 8 heteroatoms. The second-order valence-electron chi connectivity index (χ2n) is 9.80. The zero-order valence-corrected chi connectivity index (χ0v) is 21.1. The largest absolute Gasteiger partial charge is 0.482 e. The van der Waals surface area contributed by atoms with Crippen LogP contribution in [-0.2, 0) is 17.6 Å². The number of carbonyl (C=O) groups is 1. The number of ether oxygens (including phenoxy) is 1. The molecule has 200 valence electrons. The van der Waals surface area contributed by atoms with Crippen molar-refractivity contribution in [3.63, 3.8) is 0 Å². The Labute approximate surface area is 209 Å². The first kappa shape index (κ1) is 29.5. The lowest BCUT2D eigenvalue weighted by Crippen LogP contribution is -2.28. The highest BCUT2D eigenvalue weighted by atomic mass is 16.5. The van der Waals surface area contributed by atoms with E-state index in [0.717, 1.165) is 63.4 Å². The molecule has 0 spiro atoms. The van der Waals surface area contributed by atoms with Gasteiger partial charge in [-0.2, -0.15) is 0 Å². The van der Waals surface area contributed by atoms with Gasteiger partial charge >= 0.3 is 5.97 Å². The molecule has 0 bridgehead atoms. The van der Waals surface area contributed by atoms with E-state index < -0.39 is 5.97 Å². The van der Waals surface area contributed by atoms with Crippen molar-refractivity contribution in [1.29, 1.82) is 0 Å². The fourth-order valence-electron chi connectivity index (χ4n) is 5.52. The van der Waals surface area contributed by atoms with Crippen LogP contribution in [0.4, 0.5) is 0 Å². The van der Waals surface area contributed by atoms with Gasteiger partial charge in [0.2, 0.25) is 0 Å². The van der Waals surface area contributed by atoms with E-state index in [-0.39, 0.29) is 37.9 Å². The number of unbranched alkanes of at least 4 members (excludes halogenated alkanes) is 2. The highest BCUT2D eigenvalue weighted by Crippen LogP contribution is 2.48. The Bertz CT molecular complexity index is 740. The molecule has 0 unspecified atom stereocenters. The van der Waals surface area contributed by atoms with E-state index >= 15 is 0 Å². The second kappa shape index (κ2) is 16.1. The molecule has 35 heavy (non-hydrogen) atoms. The van der Waals surface area contributed by atoms with Crippen LogP contribution in [0.2, 0.25) is 0 Å². The van der Waals surface area contributed by atoms with E-state index in [9.17, 15) is 15.0 Å². The summed E-state index contributed by atoms with van der Waals surface area (Å²) >= 11 is 0. The molecule has 0 aromatic heterocycles. The van der Waals surface area contributed by atoms with Gasteiger partial charge in [0.1, 0.15) is 5.75 Å². The fourth-order valence-corrected chi connectivity index (χ4v) is 5.52. The van der Waals surface area contributed by atoms with Crippen molar-refractivity contribution in [1.82, 2.24) is 5.32 Å². The van der Waals surface area contributed by atoms with Crippen LogP contribution in [0.25, 0.3) is 0 Å². The topological polar surface area (TPSA) is 139 Å². The summed E-state index contributed by atoms with van der Waals surface area (Å²) in [7, 11) is 0. The number of hydrogen-bond donors (Lipinski definition) is 6. The Morgan fingerprint density at radius 1 is 1.14 bits per heavy atom. The van der Waals surface area contributed by atoms with Crippen LogP contribution in [-0.4, -0.2) is 76.6 Å². The first-order valence-corrected chi connectivity index (χ1v) is 13.1. The second-order valence-corrected chi connectivity index (χ2v) is 9.80. The Morgan fingerprint density at radius 2 is 1.89 bits per heavy atom. The van der Waals surface area contributed by atoms with E-state index in [4.69, 9.17) is 20.1 Å². The van der Waals surface area contributed by atoms with Gasteiger partial charge in [-0.1, -0.05) is 38.3 Å². The van der Waals surface area contributed by atoms with Crippen LogP contribution in [0.5, 0.6) is 5.75 Å². The number of rotatable bonds is 14. The van der Waals surface area contributed by atoms with Crippen LogP contribution in [0.15, 0.2) is 18.2 Å². The molecule has 2 aliphatic rings. The summed E-state index contributed by atoms with van der Waals surface area (Å²) in [6, 6.07) is 5.87. The van der Waals surface area contributed by atoms with Crippen molar-refractivity contribution in [2.75, 3.05) is 32.9 Å². The number of aliphatic hydroxyl groups is 4. The molecule has 1 aromatic carbocycles. The molecule has 2 aliphatic carbocycles. The van der Waals surface area contributed by atoms with Crippen LogP contribution in [0.3, 0.4) is 0 Å². The zero-order chi connectivity index (χ0) is 25.6. The maximum atomic E-state index is 10.8. The Kier molecular flexibility index (Phi) is 13.6. The van der Waals surface area contributed by atoms with Gasteiger partial charge in [0.25, 0.3) is 0 Å². The summed E-state index contributed by atoms with van der Waals surface area (Å²) in [5, 5.41) is 48.9. The van der Waals surface area contributed by atoms with Gasteiger partial charge in [0.05, 0.1) is 25.4 Å². The molecule has 0 amide bonds. The molecular weight excluding hydrogens is 450 g/mol. The molecule has 0 aliphatic heterocycles. The number of carboxylic acid groups (broad SMARTS) is 1. The van der Waals surface area contributed by atoms with Crippen molar-refractivity contribution in [3.05, 3.63) is 29.3 Å². The molecule has 6 N–H and O–H groups in total. The SMILES string of the molecule is CCCCC[C@H](O)CC[C@@H]1[C@H]2Cc3cccc(OCC(=O)O)c3C[C@H]2C[C@H]1O.OCCNCCO. The summed E-state index contributed by atoms with van der Waals surface area (Å²) in [6.45, 7) is 3.26. The molecule has 1 saturated carbocycles. The third-order valence-corrected chi connectivity index (χ3v) is 7.25. The lowest BCUT2D eigenvalue weighted by atomic mass is 9.73. The normalized spacial score (nSPS) is 23.6. The first-order chi connectivity index (χ1) is 16.9. The maximum Gasteiger partial charge on any atom is 0.341 e. The molecule has 3 rings (SSSR count). The summed E-state index contributed by atoms with van der Waals surface area (Å²) in [5.74, 6) is 0.768. The number of hydrogen-bond acceptors (Lipinski definition) is 7. The fraction of sp³-hybridized carbons (Fsp3) is 0.741. The predicted molar refractivity (Wildman–Crippen MR) is 134 cm³/mol. The summed E-state index contributed by atoms with van der Waals surface area (Å²) in [5.41, 5.74) is 2.32. The standard InChI is InChI=1S/C23H34O5.C4H11NO2/c1-2-3-4-7-17(24)9-10-18-19-11-15-6-5-8-22(28-14-23(26)27)20(15)12-16(19)13-21(18)25;6-3-1-5-2-4-7/h5-6,8,16-19,21,24-25H,2-4,7,9-14H2,1H3,(H,26,27);5-7H,1-4H2/t16-,17-,18+,19-,21+;/m0./s1. The van der Waals surface area contributed by atoms with Crippen molar-refractivity contribution < 1.29 is 35.1 Å². The Morgan fingerprint density at radius 3 is 2.54 bits per heavy atom. The lowest BCUT2D eigenvalue weighted by Gasteiger charge is -2.32. The smallest absolute Gasteiger partial charge is 0.341 e. The molecule has 5 atom stereocenters. The third kappa shape index (κ3) is 9.69. The first-order valence-electron chi connectivity index (χ1n) is 13.1. The monoisotopic (exact) mass is 495 g/mol. The van der Waals surface area contributed by atoms with Crippen LogP contribution in [0.1, 0.15) is 63.0 Å². The number of aliphatic hydroxyl groups excluding tert-OH is 4. The van der Waals surface area contributed by atoms with E-state index in [1.165, 1.54) is 5.56 Å². The molecule has 0 heterocycles. The molecule has 0 saturated heterocycles. The van der Waals surface area contributed by atoms with Crippen molar-refractivity contribution in [2.45, 2.75) is 76.9 Å². The predicted octanol–water partition coefficient (Wildman–Crippen LogP) is 2.14. The van der Waals surface area contributed by atoms with Crippen molar-refractivity contribution in [2.24, 2.45) is 17.8 Å². The molecule has 0 radical (unpaired) electrons. The summed E-state index contributed by atoms with van der Waals surface area (Å²) < 4.78 is 5.50. The highest BCUT2D eigenvalue weighted by molar-refractivity contribution is 5.68. The van der Waals surface area contributed by atoms with E-state index in [0.29, 0.717) is 30.7 Å². The van der Waals surface area contributed by atoms with Crippen LogP contribution in [0, 0.1) is 17.8 Å². The third-order valence-electron chi connectivity index (χ3n) is 7.25.